The highest BCUT2D eigenvalue weighted by Crippen LogP contribution is 2.42. The summed E-state index contributed by atoms with van der Waals surface area (Å²) in [4.78, 5) is -1.40. The molecule has 192 valence electrons. The van der Waals surface area contributed by atoms with Crippen molar-refractivity contribution in [1.29, 1.82) is 0 Å². The summed E-state index contributed by atoms with van der Waals surface area (Å²) in [7, 11) is 0.166. The average Bonchev–Trinajstić information content (AvgIpc) is 2.81. The molecule has 4 aromatic rings. The van der Waals surface area contributed by atoms with Crippen LogP contribution in [0.2, 0.25) is 0 Å². The van der Waals surface area contributed by atoms with E-state index in [0.29, 0.717) is 21.5 Å². The van der Waals surface area contributed by atoms with E-state index in [-0.39, 0.29) is 5.69 Å². The number of nitrogens with zero attached hydrogens (tertiary/aromatic N) is 4. The predicted octanol–water partition coefficient (Wildman–Crippen LogP) is 3.85. The van der Waals surface area contributed by atoms with Gasteiger partial charge in [0.1, 0.15) is 31.6 Å². The van der Waals surface area contributed by atoms with Crippen molar-refractivity contribution in [3.63, 3.8) is 0 Å². The number of hydrogen-bond donors (Lipinski definition) is 2. The van der Waals surface area contributed by atoms with Gasteiger partial charge in [-0.25, -0.2) is 16.8 Å². The van der Waals surface area contributed by atoms with Crippen LogP contribution in [0, 0.1) is 13.8 Å². The van der Waals surface area contributed by atoms with Gasteiger partial charge in [0, 0.05) is 10.8 Å². The van der Waals surface area contributed by atoms with Gasteiger partial charge >= 0.3 is 0 Å². The molecule has 4 radical (unpaired) electrons. The number of phenols is 2. The van der Waals surface area contributed by atoms with Gasteiger partial charge in [0.05, 0.1) is 9.79 Å². The lowest BCUT2D eigenvalue weighted by atomic mass is 10.1. The summed E-state index contributed by atoms with van der Waals surface area (Å²) in [5, 5.41) is 34.3. The number of aryl methyl sites for hydroxylation is 2. The summed E-state index contributed by atoms with van der Waals surface area (Å²) in [6, 6.07) is 12.3. The van der Waals surface area contributed by atoms with E-state index in [9.17, 15) is 36.2 Å². The summed E-state index contributed by atoms with van der Waals surface area (Å²) < 4.78 is 67.0. The van der Waals surface area contributed by atoms with E-state index < -0.39 is 47.2 Å². The van der Waals surface area contributed by atoms with E-state index >= 15 is 0 Å². The maximum Gasteiger partial charge on any atom is 0.293 e. The van der Waals surface area contributed by atoms with Crippen LogP contribution in [-0.4, -0.2) is 52.1 Å². The van der Waals surface area contributed by atoms with Gasteiger partial charge in [-0.15, -0.1) is 0 Å². The molecule has 0 aliphatic rings. The molecule has 0 atom stereocenters. The summed E-state index contributed by atoms with van der Waals surface area (Å²) >= 11 is 0. The number of rotatable bonds is 4. The van der Waals surface area contributed by atoms with Gasteiger partial charge in [0.15, 0.2) is 11.5 Å². The highest BCUT2D eigenvalue weighted by atomic mass is 32.2. The minimum atomic E-state index is -4.82. The lowest BCUT2D eigenvalue weighted by molar-refractivity contribution is 0.436. The molecule has 4 rings (SSSR count). The third-order valence-electron chi connectivity index (χ3n) is 5.27. The number of hydrogen-bond acceptors (Lipinski definition) is 12. The zero-order chi connectivity index (χ0) is 28.4. The summed E-state index contributed by atoms with van der Waals surface area (Å²) in [6.07, 6.45) is 0. The highest BCUT2D eigenvalue weighted by molar-refractivity contribution is 7.86. The van der Waals surface area contributed by atoms with Gasteiger partial charge < -0.3 is 19.3 Å². The summed E-state index contributed by atoms with van der Waals surface area (Å²) in [5.41, 5.74) is 1.13. The fourth-order valence-electron chi connectivity index (χ4n) is 3.64. The second-order valence-corrected chi connectivity index (χ2v) is 10.6. The van der Waals surface area contributed by atoms with Crippen LogP contribution in [0.3, 0.4) is 0 Å². The Morgan fingerprint density at radius 2 is 1.11 bits per heavy atom. The normalized spacial score (nSPS) is 12.3. The lowest BCUT2D eigenvalue weighted by Gasteiger charge is -2.13. The first-order valence-electron chi connectivity index (χ1n) is 10.3. The van der Waals surface area contributed by atoms with Crippen LogP contribution in [0.5, 0.6) is 11.5 Å². The van der Waals surface area contributed by atoms with Crippen molar-refractivity contribution in [1.82, 2.24) is 0 Å². The van der Waals surface area contributed by atoms with Crippen LogP contribution in [-0.2, 0) is 20.2 Å². The molecule has 12 nitrogen and oxygen atoms in total. The molecule has 0 unspecified atom stereocenters. The van der Waals surface area contributed by atoms with Crippen LogP contribution in [0.25, 0.3) is 21.5 Å². The van der Waals surface area contributed by atoms with E-state index in [1.54, 1.807) is 43.3 Å². The quantitative estimate of drug-likeness (QED) is 0.216. The summed E-state index contributed by atoms with van der Waals surface area (Å²) in [6.45, 7) is 3.61. The third kappa shape index (κ3) is 5.99. The first-order valence-corrected chi connectivity index (χ1v) is 13.2. The molecular formula is C22H16B2N4O8S2-2. The number of phenolic OH excluding ortho intramolecular Hbond substituents is 2. The second kappa shape index (κ2) is 10.9. The Kier molecular flexibility index (Phi) is 8.21. The zero-order valence-corrected chi connectivity index (χ0v) is 21.4. The molecule has 0 saturated carbocycles. The zero-order valence-electron chi connectivity index (χ0n) is 19.7. The predicted molar refractivity (Wildman–Crippen MR) is 137 cm³/mol. The van der Waals surface area contributed by atoms with E-state index in [1.165, 1.54) is 0 Å². The fourth-order valence-corrected chi connectivity index (χ4v) is 4.89. The van der Waals surface area contributed by atoms with Crippen molar-refractivity contribution >= 4 is 69.1 Å². The molecular weight excluding hydrogens is 534 g/mol. The standard InChI is InChI=1S/2C11H9BN2O4S/c1-6-2-3-8-7(4-6)5-9(19(16,17)18)10(11(8)15)13-14-12;1-6-2-3-8-7(4-6)5-9(19(16,17)18)11(15)10(8)13-14-12/h2*2-5,15H,1H3,(H,16,17,18)/p-2. The van der Waals surface area contributed by atoms with Gasteiger partial charge in [0.25, 0.3) is 16.0 Å². The molecule has 0 amide bonds. The molecule has 16 heteroatoms. The Labute approximate surface area is 220 Å². The van der Waals surface area contributed by atoms with Crippen LogP contribution in [0.4, 0.5) is 11.4 Å². The Hall–Kier alpha value is -3.85. The first-order chi connectivity index (χ1) is 17.7. The number of benzene rings is 4. The SMILES string of the molecule is [B]N=Nc1c(O)c(S(=O)(=O)[O-])cc2cc(C)ccc12.[B]N=Nc1c(S(=O)(=O)[O-])cc2cc(C)ccc2c1O. The monoisotopic (exact) mass is 550 g/mol. The minimum absolute atomic E-state index is 0.144. The third-order valence-corrected chi connectivity index (χ3v) is 6.97. The second-order valence-electron chi connectivity index (χ2n) is 7.93. The van der Waals surface area contributed by atoms with Crippen molar-refractivity contribution < 1.29 is 36.2 Å². The number of fused-ring (bicyclic) bond motifs is 2. The van der Waals surface area contributed by atoms with E-state index in [1.807, 2.05) is 6.92 Å². The van der Waals surface area contributed by atoms with Crippen molar-refractivity contribution in [3.05, 3.63) is 59.7 Å². The molecule has 0 aliphatic heterocycles. The van der Waals surface area contributed by atoms with E-state index in [0.717, 1.165) is 23.3 Å². The maximum atomic E-state index is 11.2. The molecule has 0 bridgehead atoms. The lowest BCUT2D eigenvalue weighted by Crippen LogP contribution is -1.99. The van der Waals surface area contributed by atoms with Gasteiger partial charge in [0.2, 0.25) is 0 Å². The Bertz CT molecular complexity index is 1840. The van der Waals surface area contributed by atoms with Crippen LogP contribution >= 0.6 is 0 Å². The fraction of sp³-hybridized carbons (Fsp3) is 0.0909. The number of aromatic hydroxyl groups is 2. The largest absolute Gasteiger partial charge is 0.744 e. The van der Waals surface area contributed by atoms with Gasteiger partial charge in [-0.1, -0.05) is 47.5 Å². The van der Waals surface area contributed by atoms with Crippen molar-refractivity contribution in [3.8, 4) is 11.5 Å². The van der Waals surface area contributed by atoms with Gasteiger partial charge in [-0.3, -0.25) is 10.1 Å². The van der Waals surface area contributed by atoms with Gasteiger partial charge in [-0.2, -0.15) is 10.2 Å². The molecule has 0 fully saturated rings. The Morgan fingerprint density at radius 1 is 0.658 bits per heavy atom. The molecule has 0 heterocycles. The average molecular weight is 550 g/mol. The molecule has 0 aromatic heterocycles. The van der Waals surface area contributed by atoms with Crippen LogP contribution < -0.4 is 0 Å². The molecule has 4 aromatic carbocycles. The van der Waals surface area contributed by atoms with Crippen molar-refractivity contribution in [2.24, 2.45) is 20.3 Å². The molecule has 0 spiro atoms. The minimum Gasteiger partial charge on any atom is -0.744 e. The molecule has 0 aliphatic carbocycles. The van der Waals surface area contributed by atoms with E-state index in [4.69, 9.17) is 16.0 Å². The highest BCUT2D eigenvalue weighted by Gasteiger charge is 2.18. The Balaban J connectivity index is 0.000000211. The smallest absolute Gasteiger partial charge is 0.293 e. The summed E-state index contributed by atoms with van der Waals surface area (Å²) in [5.74, 6) is -1.19. The molecule has 2 N–H and O–H groups in total. The van der Waals surface area contributed by atoms with Crippen molar-refractivity contribution in [2.75, 3.05) is 0 Å². The van der Waals surface area contributed by atoms with Crippen molar-refractivity contribution in [2.45, 2.75) is 23.6 Å². The first kappa shape index (κ1) is 28.7. The van der Waals surface area contributed by atoms with Crippen LogP contribution in [0.1, 0.15) is 11.1 Å². The molecule has 38 heavy (non-hydrogen) atoms. The topological polar surface area (TPSA) is 204 Å². The van der Waals surface area contributed by atoms with Gasteiger partial charge in [-0.05, 0) is 36.8 Å². The Morgan fingerprint density at radius 3 is 1.61 bits per heavy atom. The maximum absolute atomic E-state index is 11.2. The van der Waals surface area contributed by atoms with E-state index in [2.05, 4.69) is 20.3 Å². The molecule has 0 saturated heterocycles. The van der Waals surface area contributed by atoms with Crippen LogP contribution in [0.15, 0.2) is 78.6 Å².